The predicted molar refractivity (Wildman–Crippen MR) is 75.2 cm³/mol. The molecule has 2 aromatic heterocycles. The molecule has 102 valence electrons. The minimum Gasteiger partial charge on any atom is -0.381 e. The van der Waals surface area contributed by atoms with Gasteiger partial charge in [0.1, 0.15) is 0 Å². The molecule has 3 rings (SSSR count). The van der Waals surface area contributed by atoms with E-state index >= 15 is 0 Å². The van der Waals surface area contributed by atoms with Crippen molar-refractivity contribution >= 4 is 5.52 Å². The van der Waals surface area contributed by atoms with E-state index in [1.807, 2.05) is 23.0 Å². The maximum absolute atomic E-state index is 5.65. The van der Waals surface area contributed by atoms with Crippen molar-refractivity contribution in [2.45, 2.75) is 25.8 Å². The third kappa shape index (κ3) is 2.51. The first-order valence-corrected chi connectivity index (χ1v) is 7.13. The Morgan fingerprint density at radius 3 is 3.26 bits per heavy atom. The molecule has 19 heavy (non-hydrogen) atoms. The Labute approximate surface area is 113 Å². The van der Waals surface area contributed by atoms with Gasteiger partial charge in [0.25, 0.3) is 0 Å². The van der Waals surface area contributed by atoms with Crippen LogP contribution in [0.3, 0.4) is 0 Å². The standard InChI is InChI=1S/C15H21N3O/c1-2-16-15(12-6-5-9-19-11-12)13-10-17-18-8-4-3-7-14(13)18/h3-4,7-8,10,12,15-16H,2,5-6,9,11H2,1H3. The molecule has 4 heteroatoms. The highest BCUT2D eigenvalue weighted by Crippen LogP contribution is 2.31. The molecule has 0 spiro atoms. The van der Waals surface area contributed by atoms with Gasteiger partial charge in [0, 0.05) is 30.3 Å². The molecule has 1 aliphatic heterocycles. The molecular weight excluding hydrogens is 238 g/mol. The smallest absolute Gasteiger partial charge is 0.0709 e. The molecule has 0 bridgehead atoms. The van der Waals surface area contributed by atoms with Crippen LogP contribution in [-0.4, -0.2) is 29.4 Å². The zero-order valence-corrected chi connectivity index (χ0v) is 11.4. The lowest BCUT2D eigenvalue weighted by atomic mass is 9.89. The lowest BCUT2D eigenvalue weighted by Crippen LogP contribution is -2.33. The molecule has 3 heterocycles. The molecule has 2 atom stereocenters. The fraction of sp³-hybridized carbons (Fsp3) is 0.533. The largest absolute Gasteiger partial charge is 0.381 e. The number of fused-ring (bicyclic) bond motifs is 1. The highest BCUT2D eigenvalue weighted by Gasteiger charge is 2.27. The Morgan fingerprint density at radius 1 is 1.53 bits per heavy atom. The second kappa shape index (κ2) is 5.72. The van der Waals surface area contributed by atoms with E-state index in [9.17, 15) is 0 Å². The van der Waals surface area contributed by atoms with Gasteiger partial charge in [0.2, 0.25) is 0 Å². The monoisotopic (exact) mass is 259 g/mol. The maximum Gasteiger partial charge on any atom is 0.0709 e. The van der Waals surface area contributed by atoms with Crippen molar-refractivity contribution in [1.82, 2.24) is 14.9 Å². The fourth-order valence-corrected chi connectivity index (χ4v) is 2.97. The van der Waals surface area contributed by atoms with E-state index in [1.165, 1.54) is 17.5 Å². The Kier molecular flexibility index (Phi) is 3.80. The summed E-state index contributed by atoms with van der Waals surface area (Å²) in [4.78, 5) is 0. The third-order valence-corrected chi connectivity index (χ3v) is 3.88. The molecule has 0 saturated carbocycles. The lowest BCUT2D eigenvalue weighted by molar-refractivity contribution is 0.0395. The van der Waals surface area contributed by atoms with Crippen LogP contribution in [0.1, 0.15) is 31.4 Å². The van der Waals surface area contributed by atoms with E-state index in [-0.39, 0.29) is 0 Å². The normalized spacial score (nSPS) is 21.6. The molecule has 0 aromatic carbocycles. The number of ether oxygens (including phenoxy) is 1. The third-order valence-electron chi connectivity index (χ3n) is 3.88. The summed E-state index contributed by atoms with van der Waals surface area (Å²) in [6.45, 7) is 4.87. The van der Waals surface area contributed by atoms with E-state index in [4.69, 9.17) is 4.74 Å². The van der Waals surface area contributed by atoms with Crippen LogP contribution in [0.15, 0.2) is 30.6 Å². The van der Waals surface area contributed by atoms with E-state index in [0.717, 1.165) is 26.2 Å². The molecular formula is C15H21N3O. The molecule has 2 unspecified atom stereocenters. The number of hydrogen-bond acceptors (Lipinski definition) is 3. The van der Waals surface area contributed by atoms with Crippen LogP contribution in [-0.2, 0) is 4.74 Å². The number of pyridine rings is 1. The summed E-state index contributed by atoms with van der Waals surface area (Å²) in [5.41, 5.74) is 2.48. The Balaban J connectivity index is 1.94. The van der Waals surface area contributed by atoms with E-state index in [2.05, 4.69) is 29.5 Å². The summed E-state index contributed by atoms with van der Waals surface area (Å²) in [6.07, 6.45) is 6.38. The number of nitrogens with one attached hydrogen (secondary N) is 1. The molecule has 1 N–H and O–H groups in total. The van der Waals surface area contributed by atoms with Gasteiger partial charge in [-0.05, 0) is 31.5 Å². The first-order chi connectivity index (χ1) is 9.40. The SMILES string of the molecule is CCNC(c1cnn2ccccc12)C1CCCOC1. The zero-order valence-electron chi connectivity index (χ0n) is 11.4. The van der Waals surface area contributed by atoms with E-state index in [1.54, 1.807) is 0 Å². The average Bonchev–Trinajstić information content (AvgIpc) is 2.89. The summed E-state index contributed by atoms with van der Waals surface area (Å²) in [5.74, 6) is 0.543. The van der Waals surface area contributed by atoms with Crippen molar-refractivity contribution in [3.05, 3.63) is 36.2 Å². The second-order valence-electron chi connectivity index (χ2n) is 5.14. The van der Waals surface area contributed by atoms with Gasteiger partial charge in [-0.3, -0.25) is 0 Å². The van der Waals surface area contributed by atoms with Crippen LogP contribution in [0.4, 0.5) is 0 Å². The quantitative estimate of drug-likeness (QED) is 0.916. The van der Waals surface area contributed by atoms with E-state index in [0.29, 0.717) is 12.0 Å². The minimum atomic E-state index is 0.338. The molecule has 1 saturated heterocycles. The molecule has 0 radical (unpaired) electrons. The number of aromatic nitrogens is 2. The minimum absolute atomic E-state index is 0.338. The highest BCUT2D eigenvalue weighted by atomic mass is 16.5. The summed E-state index contributed by atoms with van der Waals surface area (Å²) in [7, 11) is 0. The first kappa shape index (κ1) is 12.6. The van der Waals surface area contributed by atoms with Crippen molar-refractivity contribution in [2.24, 2.45) is 5.92 Å². The fourth-order valence-electron chi connectivity index (χ4n) is 2.97. The van der Waals surface area contributed by atoms with Crippen molar-refractivity contribution in [3.63, 3.8) is 0 Å². The lowest BCUT2D eigenvalue weighted by Gasteiger charge is -2.30. The second-order valence-corrected chi connectivity index (χ2v) is 5.14. The molecule has 0 amide bonds. The number of rotatable bonds is 4. The van der Waals surface area contributed by atoms with Crippen LogP contribution in [0.25, 0.3) is 5.52 Å². The van der Waals surface area contributed by atoms with Crippen LogP contribution in [0, 0.1) is 5.92 Å². The summed E-state index contributed by atoms with van der Waals surface area (Å²) < 4.78 is 7.60. The van der Waals surface area contributed by atoms with Crippen molar-refractivity contribution in [3.8, 4) is 0 Å². The van der Waals surface area contributed by atoms with Gasteiger partial charge >= 0.3 is 0 Å². The topological polar surface area (TPSA) is 38.6 Å². The van der Waals surface area contributed by atoms with Gasteiger partial charge in [-0.1, -0.05) is 13.0 Å². The summed E-state index contributed by atoms with van der Waals surface area (Å²) in [6, 6.07) is 6.55. The van der Waals surface area contributed by atoms with Crippen molar-refractivity contribution in [2.75, 3.05) is 19.8 Å². The summed E-state index contributed by atoms with van der Waals surface area (Å²) in [5, 5.41) is 8.07. The molecule has 0 aliphatic carbocycles. The summed E-state index contributed by atoms with van der Waals surface area (Å²) >= 11 is 0. The van der Waals surface area contributed by atoms with Gasteiger partial charge in [0.15, 0.2) is 0 Å². The number of nitrogens with zero attached hydrogens (tertiary/aromatic N) is 2. The van der Waals surface area contributed by atoms with Gasteiger partial charge in [-0.25, -0.2) is 4.52 Å². The zero-order chi connectivity index (χ0) is 13.1. The van der Waals surface area contributed by atoms with Crippen molar-refractivity contribution in [1.29, 1.82) is 0 Å². The first-order valence-electron chi connectivity index (χ1n) is 7.13. The molecule has 4 nitrogen and oxygen atoms in total. The Morgan fingerprint density at radius 2 is 2.47 bits per heavy atom. The Hall–Kier alpha value is -1.39. The molecule has 1 aliphatic rings. The van der Waals surface area contributed by atoms with Gasteiger partial charge < -0.3 is 10.1 Å². The van der Waals surface area contributed by atoms with Gasteiger partial charge in [-0.15, -0.1) is 0 Å². The molecule has 1 fully saturated rings. The average molecular weight is 259 g/mol. The van der Waals surface area contributed by atoms with E-state index < -0.39 is 0 Å². The van der Waals surface area contributed by atoms with Crippen LogP contribution in [0.5, 0.6) is 0 Å². The maximum atomic E-state index is 5.65. The van der Waals surface area contributed by atoms with Crippen LogP contribution >= 0.6 is 0 Å². The Bertz CT molecular complexity index is 531. The molecule has 2 aromatic rings. The van der Waals surface area contributed by atoms with Crippen LogP contribution < -0.4 is 5.32 Å². The van der Waals surface area contributed by atoms with Gasteiger partial charge in [-0.2, -0.15) is 5.10 Å². The van der Waals surface area contributed by atoms with Crippen molar-refractivity contribution < 1.29 is 4.74 Å². The number of hydrogen-bond donors (Lipinski definition) is 1. The van der Waals surface area contributed by atoms with Gasteiger partial charge in [0.05, 0.1) is 18.3 Å². The van der Waals surface area contributed by atoms with Crippen LogP contribution in [0.2, 0.25) is 0 Å². The predicted octanol–water partition coefficient (Wildman–Crippen LogP) is 2.41. The highest BCUT2D eigenvalue weighted by molar-refractivity contribution is 5.55.